The van der Waals surface area contributed by atoms with Crippen molar-refractivity contribution in [2.45, 2.75) is 57.8 Å². The summed E-state index contributed by atoms with van der Waals surface area (Å²) < 4.78 is 0. The number of fused-ring (bicyclic) bond motifs is 1. The number of hydrogen-bond acceptors (Lipinski definition) is 5. The van der Waals surface area contributed by atoms with Gasteiger partial charge in [-0.25, -0.2) is 9.97 Å². The van der Waals surface area contributed by atoms with Gasteiger partial charge >= 0.3 is 0 Å². The first-order valence-corrected chi connectivity index (χ1v) is 10.4. The highest BCUT2D eigenvalue weighted by atomic mass is 16.1. The van der Waals surface area contributed by atoms with E-state index in [0.29, 0.717) is 23.6 Å². The van der Waals surface area contributed by atoms with Gasteiger partial charge in [-0.2, -0.15) is 5.26 Å². The van der Waals surface area contributed by atoms with Gasteiger partial charge in [0.1, 0.15) is 5.69 Å². The molecule has 2 heterocycles. The van der Waals surface area contributed by atoms with Crippen LogP contribution in [0.1, 0.15) is 63.5 Å². The lowest BCUT2D eigenvalue weighted by Gasteiger charge is -2.29. The van der Waals surface area contributed by atoms with Crippen LogP contribution in [-0.4, -0.2) is 35.5 Å². The normalized spacial score (nSPS) is 15.2. The Morgan fingerprint density at radius 2 is 1.86 bits per heavy atom. The van der Waals surface area contributed by atoms with Crippen molar-refractivity contribution < 1.29 is 4.79 Å². The average molecular weight is 380 g/mol. The van der Waals surface area contributed by atoms with E-state index in [1.54, 1.807) is 0 Å². The van der Waals surface area contributed by atoms with Crippen molar-refractivity contribution in [3.05, 3.63) is 30.0 Å². The first-order valence-electron chi connectivity index (χ1n) is 10.4. The molecule has 1 fully saturated rings. The van der Waals surface area contributed by atoms with Crippen LogP contribution in [0.4, 0.5) is 5.82 Å². The first-order chi connectivity index (χ1) is 13.7. The number of nitrogens with one attached hydrogen (secondary N) is 1. The van der Waals surface area contributed by atoms with Crippen LogP contribution in [0.25, 0.3) is 11.0 Å². The van der Waals surface area contributed by atoms with Crippen molar-refractivity contribution in [2.24, 2.45) is 0 Å². The third-order valence-electron chi connectivity index (χ3n) is 5.23. The molecule has 1 N–H and O–H groups in total. The minimum Gasteiger partial charge on any atom is -0.355 e. The topological polar surface area (TPSA) is 81.9 Å². The smallest absolute Gasteiger partial charge is 0.243 e. The summed E-state index contributed by atoms with van der Waals surface area (Å²) >= 11 is 0. The lowest BCUT2D eigenvalue weighted by Crippen LogP contribution is -2.34. The number of carbonyl (C=O) groups excluding carboxylic acids is 1. The Balaban J connectivity index is 1.87. The number of aromatic nitrogens is 2. The van der Waals surface area contributed by atoms with E-state index in [2.05, 4.69) is 23.2 Å². The number of unbranched alkanes of at least 4 members (excludes halogenated alkanes) is 3. The SMILES string of the molecule is CCCCCCNC(=O)C(C#N)c1nc2ccccc2nc1N1CCCCC1. The monoisotopic (exact) mass is 379 g/mol. The molecule has 1 unspecified atom stereocenters. The molecule has 6 heteroatoms. The van der Waals surface area contributed by atoms with E-state index in [-0.39, 0.29) is 5.91 Å². The molecule has 1 aliphatic rings. The second kappa shape index (κ2) is 10.0. The van der Waals surface area contributed by atoms with E-state index >= 15 is 0 Å². The Morgan fingerprint density at radius 3 is 2.54 bits per heavy atom. The van der Waals surface area contributed by atoms with Crippen molar-refractivity contribution in [3.8, 4) is 6.07 Å². The Bertz CT molecular complexity index is 838. The van der Waals surface area contributed by atoms with Crippen molar-refractivity contribution in [2.75, 3.05) is 24.5 Å². The van der Waals surface area contributed by atoms with Crippen LogP contribution in [0.5, 0.6) is 0 Å². The van der Waals surface area contributed by atoms with Crippen LogP contribution >= 0.6 is 0 Å². The minimum atomic E-state index is -0.944. The largest absolute Gasteiger partial charge is 0.355 e. The number of nitrogens with zero attached hydrogens (tertiary/aromatic N) is 4. The van der Waals surface area contributed by atoms with Gasteiger partial charge in [-0.05, 0) is 37.8 Å². The van der Waals surface area contributed by atoms with Crippen molar-refractivity contribution in [3.63, 3.8) is 0 Å². The standard InChI is InChI=1S/C22H29N5O/c1-2-3-4-8-13-24-22(28)17(16-23)20-21(27-14-9-5-10-15-27)26-19-12-7-6-11-18(19)25-20/h6-7,11-12,17H,2-5,8-10,13-15H2,1H3,(H,24,28). The lowest BCUT2D eigenvalue weighted by atomic mass is 10.0. The third-order valence-corrected chi connectivity index (χ3v) is 5.23. The average Bonchev–Trinajstić information content (AvgIpc) is 2.74. The van der Waals surface area contributed by atoms with Gasteiger partial charge in [0, 0.05) is 19.6 Å². The summed E-state index contributed by atoms with van der Waals surface area (Å²) in [5.74, 6) is -0.534. The van der Waals surface area contributed by atoms with Crippen LogP contribution in [-0.2, 0) is 4.79 Å². The first kappa shape index (κ1) is 20.1. The molecule has 1 atom stereocenters. The van der Waals surface area contributed by atoms with Gasteiger partial charge in [0.2, 0.25) is 5.91 Å². The highest BCUT2D eigenvalue weighted by Crippen LogP contribution is 2.29. The Kier molecular flexibility index (Phi) is 7.18. The van der Waals surface area contributed by atoms with Crippen LogP contribution in [0.2, 0.25) is 0 Å². The maximum absolute atomic E-state index is 12.8. The zero-order chi connectivity index (χ0) is 19.8. The molecule has 1 saturated heterocycles. The highest BCUT2D eigenvalue weighted by molar-refractivity contribution is 5.88. The lowest BCUT2D eigenvalue weighted by molar-refractivity contribution is -0.121. The molecule has 2 aromatic rings. The number of nitriles is 1. The third kappa shape index (κ3) is 4.78. The van der Waals surface area contributed by atoms with Crippen LogP contribution in [0, 0.1) is 11.3 Å². The van der Waals surface area contributed by atoms with E-state index in [0.717, 1.165) is 57.1 Å². The maximum atomic E-state index is 12.8. The molecule has 1 aromatic carbocycles. The van der Waals surface area contributed by atoms with Crippen LogP contribution < -0.4 is 10.2 Å². The summed E-state index contributed by atoms with van der Waals surface area (Å²) in [6, 6.07) is 9.81. The summed E-state index contributed by atoms with van der Waals surface area (Å²) in [7, 11) is 0. The predicted molar refractivity (Wildman–Crippen MR) is 111 cm³/mol. The number of amides is 1. The van der Waals surface area contributed by atoms with Gasteiger partial charge < -0.3 is 10.2 Å². The summed E-state index contributed by atoms with van der Waals surface area (Å²) in [6.07, 6.45) is 7.71. The van der Waals surface area contributed by atoms with E-state index < -0.39 is 5.92 Å². The zero-order valence-electron chi connectivity index (χ0n) is 16.7. The Labute approximate surface area is 167 Å². The van der Waals surface area contributed by atoms with Gasteiger partial charge in [0.05, 0.1) is 17.1 Å². The van der Waals surface area contributed by atoms with Crippen molar-refractivity contribution >= 4 is 22.8 Å². The number of hydrogen-bond donors (Lipinski definition) is 1. The number of rotatable bonds is 8. The van der Waals surface area contributed by atoms with E-state index in [1.165, 1.54) is 6.42 Å². The molecule has 0 aliphatic carbocycles. The number of anilines is 1. The zero-order valence-corrected chi connectivity index (χ0v) is 16.7. The molecule has 3 rings (SSSR count). The minimum absolute atomic E-state index is 0.276. The molecule has 0 radical (unpaired) electrons. The fourth-order valence-electron chi connectivity index (χ4n) is 3.65. The van der Waals surface area contributed by atoms with E-state index in [1.807, 2.05) is 24.3 Å². The maximum Gasteiger partial charge on any atom is 0.243 e. The molecule has 148 valence electrons. The van der Waals surface area contributed by atoms with Gasteiger partial charge in [-0.15, -0.1) is 0 Å². The molecule has 1 aromatic heterocycles. The summed E-state index contributed by atoms with van der Waals surface area (Å²) in [6.45, 7) is 4.52. The number of para-hydroxylation sites is 2. The van der Waals surface area contributed by atoms with Gasteiger partial charge in [-0.3, -0.25) is 4.79 Å². The van der Waals surface area contributed by atoms with Crippen molar-refractivity contribution in [1.82, 2.24) is 15.3 Å². The molecular formula is C22H29N5O. The molecule has 6 nitrogen and oxygen atoms in total. The molecular weight excluding hydrogens is 350 g/mol. The fourth-order valence-corrected chi connectivity index (χ4v) is 3.65. The quantitative estimate of drug-likeness (QED) is 0.703. The van der Waals surface area contributed by atoms with Gasteiger partial charge in [0.15, 0.2) is 11.7 Å². The van der Waals surface area contributed by atoms with E-state index in [4.69, 9.17) is 9.97 Å². The summed E-state index contributed by atoms with van der Waals surface area (Å²) in [4.78, 5) is 24.5. The highest BCUT2D eigenvalue weighted by Gasteiger charge is 2.29. The number of carbonyl (C=O) groups is 1. The molecule has 0 bridgehead atoms. The Hall–Kier alpha value is -2.68. The van der Waals surface area contributed by atoms with Crippen LogP contribution in [0.15, 0.2) is 24.3 Å². The molecule has 1 aliphatic heterocycles. The fraction of sp³-hybridized carbons (Fsp3) is 0.545. The summed E-state index contributed by atoms with van der Waals surface area (Å²) in [5, 5.41) is 12.7. The van der Waals surface area contributed by atoms with E-state index in [9.17, 15) is 10.1 Å². The molecule has 1 amide bonds. The second-order valence-electron chi connectivity index (χ2n) is 7.38. The predicted octanol–water partition coefficient (Wildman–Crippen LogP) is 3.92. The van der Waals surface area contributed by atoms with Gasteiger partial charge in [0.25, 0.3) is 0 Å². The van der Waals surface area contributed by atoms with Crippen LogP contribution in [0.3, 0.4) is 0 Å². The van der Waals surface area contributed by atoms with Gasteiger partial charge in [-0.1, -0.05) is 38.3 Å². The Morgan fingerprint density at radius 1 is 1.14 bits per heavy atom. The molecule has 0 saturated carbocycles. The molecule has 28 heavy (non-hydrogen) atoms. The number of piperidine rings is 1. The summed E-state index contributed by atoms with van der Waals surface area (Å²) in [5.41, 5.74) is 1.99. The number of benzene rings is 1. The van der Waals surface area contributed by atoms with Crippen molar-refractivity contribution in [1.29, 1.82) is 5.26 Å². The molecule has 0 spiro atoms. The second-order valence-corrected chi connectivity index (χ2v) is 7.38.